The normalized spacial score (nSPS) is 8.75. The third-order valence-corrected chi connectivity index (χ3v) is 1.30. The summed E-state index contributed by atoms with van der Waals surface area (Å²) in [5, 5.41) is 0. The molecule has 0 aliphatic carbocycles. The molecule has 0 atom stereocenters. The first-order valence-corrected chi connectivity index (χ1v) is 3.67. The van der Waals surface area contributed by atoms with Gasteiger partial charge in [-0.1, -0.05) is 6.07 Å². The first kappa shape index (κ1) is 8.50. The van der Waals surface area contributed by atoms with Gasteiger partial charge in [0.15, 0.2) is 0 Å². The molecule has 0 aliphatic heterocycles. The van der Waals surface area contributed by atoms with Crippen LogP contribution in [0.3, 0.4) is 0 Å². The molecular weight excluding hydrogens is 154 g/mol. The molecule has 62 valence electrons. The van der Waals surface area contributed by atoms with E-state index in [1.54, 1.807) is 18.2 Å². The fourth-order valence-corrected chi connectivity index (χ4v) is 0.862. The van der Waals surface area contributed by atoms with Crippen LogP contribution in [-0.2, 0) is 4.79 Å². The van der Waals surface area contributed by atoms with E-state index < -0.39 is 0 Å². The lowest BCUT2D eigenvalue weighted by atomic mass is 10.3. The minimum Gasteiger partial charge on any atom is -0.494 e. The summed E-state index contributed by atoms with van der Waals surface area (Å²) in [5.74, 6) is 0.717. The van der Waals surface area contributed by atoms with E-state index >= 15 is 0 Å². The van der Waals surface area contributed by atoms with Gasteiger partial charge in [0, 0.05) is 6.07 Å². The van der Waals surface area contributed by atoms with E-state index in [4.69, 9.17) is 4.74 Å². The van der Waals surface area contributed by atoms with Crippen LogP contribution in [0, 0.1) is 0 Å². The van der Waals surface area contributed by atoms with Crippen molar-refractivity contribution in [1.82, 2.24) is 0 Å². The monoisotopic (exact) mass is 163 g/mol. The van der Waals surface area contributed by atoms with Crippen LogP contribution in [0.25, 0.3) is 0 Å². The molecule has 0 saturated heterocycles. The Morgan fingerprint density at radius 3 is 3.08 bits per heavy atom. The summed E-state index contributed by atoms with van der Waals surface area (Å²) in [4.78, 5) is 13.4. The lowest BCUT2D eigenvalue weighted by Crippen LogP contribution is -1.89. The van der Waals surface area contributed by atoms with Crippen molar-refractivity contribution in [2.75, 3.05) is 6.61 Å². The predicted octanol–water partition coefficient (Wildman–Crippen LogP) is 2.05. The average Bonchev–Trinajstić information content (AvgIpc) is 2.06. The lowest BCUT2D eigenvalue weighted by Gasteiger charge is -2.01. The van der Waals surface area contributed by atoms with Gasteiger partial charge in [-0.3, -0.25) is 0 Å². The minimum atomic E-state index is 0.566. The summed E-state index contributed by atoms with van der Waals surface area (Å²) in [6.45, 7) is 2.50. The highest BCUT2D eigenvalue weighted by molar-refractivity contribution is 5.51. The first-order chi connectivity index (χ1) is 5.86. The zero-order valence-corrected chi connectivity index (χ0v) is 6.78. The molecule has 0 aromatic heterocycles. The van der Waals surface area contributed by atoms with Crippen LogP contribution < -0.4 is 4.74 Å². The Bertz CT molecular complexity index is 303. The van der Waals surface area contributed by atoms with Gasteiger partial charge >= 0.3 is 0 Å². The summed E-state index contributed by atoms with van der Waals surface area (Å²) < 4.78 is 5.20. The predicted molar refractivity (Wildman–Crippen MR) is 45.4 cm³/mol. The summed E-state index contributed by atoms with van der Waals surface area (Å²) in [7, 11) is 0. The van der Waals surface area contributed by atoms with Crippen molar-refractivity contribution in [3.05, 3.63) is 24.3 Å². The van der Waals surface area contributed by atoms with Crippen molar-refractivity contribution in [2.45, 2.75) is 6.92 Å². The van der Waals surface area contributed by atoms with Gasteiger partial charge < -0.3 is 4.74 Å². The van der Waals surface area contributed by atoms with Gasteiger partial charge in [0.05, 0.1) is 12.3 Å². The van der Waals surface area contributed by atoms with E-state index in [0.717, 1.165) is 0 Å². The fraction of sp³-hybridized carbons (Fsp3) is 0.222. The smallest absolute Gasteiger partial charge is 0.240 e. The number of hydrogen-bond acceptors (Lipinski definition) is 3. The van der Waals surface area contributed by atoms with E-state index in [-0.39, 0.29) is 0 Å². The molecule has 12 heavy (non-hydrogen) atoms. The van der Waals surface area contributed by atoms with Crippen LogP contribution in [-0.4, -0.2) is 12.7 Å². The minimum absolute atomic E-state index is 0.566. The van der Waals surface area contributed by atoms with Crippen molar-refractivity contribution < 1.29 is 9.53 Å². The number of aliphatic imine (C=N–C) groups is 1. The second-order valence-electron chi connectivity index (χ2n) is 2.13. The van der Waals surface area contributed by atoms with Gasteiger partial charge in [-0.25, -0.2) is 4.79 Å². The maximum atomic E-state index is 9.91. The zero-order chi connectivity index (χ0) is 8.81. The Kier molecular flexibility index (Phi) is 3.05. The molecule has 0 spiro atoms. The second kappa shape index (κ2) is 4.31. The van der Waals surface area contributed by atoms with E-state index in [9.17, 15) is 4.79 Å². The molecule has 1 aromatic rings. The van der Waals surface area contributed by atoms with E-state index in [0.29, 0.717) is 18.0 Å². The number of nitrogens with zero attached hydrogens (tertiary/aromatic N) is 1. The second-order valence-corrected chi connectivity index (χ2v) is 2.13. The molecule has 0 saturated carbocycles. The average molecular weight is 163 g/mol. The number of carbonyl (C=O) groups excluding carboxylic acids is 1. The quantitative estimate of drug-likeness (QED) is 0.505. The van der Waals surface area contributed by atoms with E-state index in [2.05, 4.69) is 4.99 Å². The molecule has 3 nitrogen and oxygen atoms in total. The van der Waals surface area contributed by atoms with Gasteiger partial charge in [-0.05, 0) is 19.1 Å². The van der Waals surface area contributed by atoms with Crippen LogP contribution in [0.2, 0.25) is 0 Å². The fourth-order valence-electron chi connectivity index (χ4n) is 0.862. The summed E-state index contributed by atoms with van der Waals surface area (Å²) in [5.41, 5.74) is 0.566. The molecule has 0 bridgehead atoms. The van der Waals surface area contributed by atoms with Gasteiger partial charge in [-0.2, -0.15) is 4.99 Å². The van der Waals surface area contributed by atoms with Crippen LogP contribution in [0.5, 0.6) is 5.75 Å². The molecule has 1 rings (SSSR count). The Labute approximate surface area is 70.7 Å². The molecule has 1 aromatic carbocycles. The highest BCUT2D eigenvalue weighted by Gasteiger charge is 1.92. The Hall–Kier alpha value is -1.60. The molecule has 0 heterocycles. The van der Waals surface area contributed by atoms with E-state index in [1.807, 2.05) is 13.0 Å². The van der Waals surface area contributed by atoms with Crippen molar-refractivity contribution in [2.24, 2.45) is 4.99 Å². The zero-order valence-electron chi connectivity index (χ0n) is 6.78. The summed E-state index contributed by atoms with van der Waals surface area (Å²) >= 11 is 0. The maximum Gasteiger partial charge on any atom is 0.240 e. The highest BCUT2D eigenvalue weighted by Crippen LogP contribution is 2.18. The third kappa shape index (κ3) is 2.22. The molecule has 0 unspecified atom stereocenters. The first-order valence-electron chi connectivity index (χ1n) is 3.67. The van der Waals surface area contributed by atoms with Gasteiger partial charge in [-0.15, -0.1) is 0 Å². The largest absolute Gasteiger partial charge is 0.494 e. The number of ether oxygens (including phenoxy) is 1. The van der Waals surface area contributed by atoms with Crippen molar-refractivity contribution in [3.63, 3.8) is 0 Å². The van der Waals surface area contributed by atoms with Gasteiger partial charge in [0.2, 0.25) is 6.08 Å². The Morgan fingerprint density at radius 1 is 1.58 bits per heavy atom. The number of isocyanates is 1. The van der Waals surface area contributed by atoms with Gasteiger partial charge in [0.1, 0.15) is 5.75 Å². The summed E-state index contributed by atoms with van der Waals surface area (Å²) in [6.07, 6.45) is 1.47. The molecule has 0 fully saturated rings. The molecule has 0 aliphatic rings. The van der Waals surface area contributed by atoms with Crippen molar-refractivity contribution >= 4 is 11.8 Å². The van der Waals surface area contributed by atoms with E-state index in [1.165, 1.54) is 6.08 Å². The molecular formula is C9H9NO2. The topological polar surface area (TPSA) is 38.7 Å². The van der Waals surface area contributed by atoms with Crippen LogP contribution in [0.1, 0.15) is 6.92 Å². The number of hydrogen-bond donors (Lipinski definition) is 0. The molecule has 3 heteroatoms. The van der Waals surface area contributed by atoms with Crippen LogP contribution in [0.4, 0.5) is 5.69 Å². The third-order valence-electron chi connectivity index (χ3n) is 1.30. The van der Waals surface area contributed by atoms with Crippen LogP contribution >= 0.6 is 0 Å². The van der Waals surface area contributed by atoms with Gasteiger partial charge in [0.25, 0.3) is 0 Å². The maximum absolute atomic E-state index is 9.91. The standard InChI is InChI=1S/C9H9NO2/c1-2-12-9-5-3-4-8(6-9)10-7-11/h3-6H,2H2,1H3. The SMILES string of the molecule is CCOc1cccc(N=C=O)c1. The molecule has 0 amide bonds. The lowest BCUT2D eigenvalue weighted by molar-refractivity contribution is 0.340. The van der Waals surface area contributed by atoms with Crippen molar-refractivity contribution in [1.29, 1.82) is 0 Å². The number of rotatable bonds is 3. The van der Waals surface area contributed by atoms with Crippen molar-refractivity contribution in [3.8, 4) is 5.75 Å². The Morgan fingerprint density at radius 2 is 2.42 bits per heavy atom. The van der Waals surface area contributed by atoms with Crippen LogP contribution in [0.15, 0.2) is 29.3 Å². The number of benzene rings is 1. The summed E-state index contributed by atoms with van der Waals surface area (Å²) in [6, 6.07) is 7.00. The highest BCUT2D eigenvalue weighted by atomic mass is 16.5. The molecule has 0 N–H and O–H groups in total. The Balaban J connectivity index is 2.87. The molecule has 0 radical (unpaired) electrons.